The van der Waals surface area contributed by atoms with Gasteiger partial charge in [0.15, 0.2) is 0 Å². The van der Waals surface area contributed by atoms with Gasteiger partial charge >= 0.3 is 0 Å². The first-order valence-corrected chi connectivity index (χ1v) is 5.24. The number of nitrogens with one attached hydrogen (secondary N) is 1. The minimum atomic E-state index is -0.539. The van der Waals surface area contributed by atoms with Gasteiger partial charge < -0.3 is 10.3 Å². The number of hydrogen-bond acceptors (Lipinski definition) is 3. The SMILES string of the molecule is CSC1=C(C(N)=O)C(=N)n2cccc21. The second-order valence-corrected chi connectivity index (χ2v) is 3.70. The maximum absolute atomic E-state index is 11.1. The van der Waals surface area contributed by atoms with E-state index in [0.717, 1.165) is 10.6 Å². The van der Waals surface area contributed by atoms with Crippen molar-refractivity contribution in [1.82, 2.24) is 4.57 Å². The zero-order valence-corrected chi connectivity index (χ0v) is 8.39. The number of thioether (sulfide) groups is 1. The Morgan fingerprint density at radius 3 is 2.93 bits per heavy atom. The van der Waals surface area contributed by atoms with Crippen LogP contribution in [0, 0.1) is 5.41 Å². The van der Waals surface area contributed by atoms with Crippen molar-refractivity contribution in [3.63, 3.8) is 0 Å². The largest absolute Gasteiger partial charge is 0.365 e. The predicted molar refractivity (Wildman–Crippen MR) is 57.2 cm³/mol. The third kappa shape index (κ3) is 1.02. The average molecular weight is 207 g/mol. The summed E-state index contributed by atoms with van der Waals surface area (Å²) in [5.74, 6) is -0.370. The van der Waals surface area contributed by atoms with Gasteiger partial charge in [0.2, 0.25) is 0 Å². The van der Waals surface area contributed by atoms with E-state index in [2.05, 4.69) is 0 Å². The number of rotatable bonds is 2. The zero-order valence-electron chi connectivity index (χ0n) is 7.57. The summed E-state index contributed by atoms with van der Waals surface area (Å²) < 4.78 is 1.66. The summed E-state index contributed by atoms with van der Waals surface area (Å²) in [5, 5.41) is 7.76. The second-order valence-electron chi connectivity index (χ2n) is 2.88. The quantitative estimate of drug-likeness (QED) is 0.755. The normalized spacial score (nSPS) is 14.8. The fourth-order valence-electron chi connectivity index (χ4n) is 1.55. The Labute approximate surface area is 85.3 Å². The average Bonchev–Trinajstić information content (AvgIpc) is 2.67. The molecule has 0 fully saturated rings. The van der Waals surface area contributed by atoms with Crippen LogP contribution < -0.4 is 5.73 Å². The molecule has 0 atom stereocenters. The Bertz CT molecular complexity index is 458. The Morgan fingerprint density at radius 2 is 2.36 bits per heavy atom. The van der Waals surface area contributed by atoms with Crippen molar-refractivity contribution >= 4 is 28.4 Å². The van der Waals surface area contributed by atoms with Crippen LogP contribution >= 0.6 is 11.8 Å². The van der Waals surface area contributed by atoms with Gasteiger partial charge in [0.25, 0.3) is 5.91 Å². The number of primary amides is 1. The smallest absolute Gasteiger partial charge is 0.253 e. The van der Waals surface area contributed by atoms with Crippen molar-refractivity contribution < 1.29 is 4.79 Å². The summed E-state index contributed by atoms with van der Waals surface area (Å²) in [6.07, 6.45) is 3.62. The van der Waals surface area contributed by atoms with Gasteiger partial charge in [0.1, 0.15) is 5.84 Å². The van der Waals surface area contributed by atoms with Gasteiger partial charge in [0.05, 0.1) is 11.3 Å². The molecule has 3 N–H and O–H groups in total. The number of nitrogens with two attached hydrogens (primary N) is 1. The fourth-order valence-corrected chi connectivity index (χ4v) is 2.33. The molecule has 0 radical (unpaired) electrons. The highest BCUT2D eigenvalue weighted by Crippen LogP contribution is 2.35. The maximum atomic E-state index is 11.1. The molecule has 5 heteroatoms. The molecule has 2 heterocycles. The van der Waals surface area contributed by atoms with Crippen molar-refractivity contribution in [3.8, 4) is 0 Å². The van der Waals surface area contributed by atoms with E-state index in [9.17, 15) is 4.79 Å². The molecule has 1 aliphatic rings. The number of fused-ring (bicyclic) bond motifs is 1. The molecule has 1 amide bonds. The number of amides is 1. The molecule has 0 saturated carbocycles. The first-order chi connectivity index (χ1) is 6.66. The van der Waals surface area contributed by atoms with Crippen LogP contribution in [-0.4, -0.2) is 22.6 Å². The van der Waals surface area contributed by atoms with Crippen molar-refractivity contribution in [2.24, 2.45) is 5.73 Å². The van der Waals surface area contributed by atoms with Gasteiger partial charge in [-0.05, 0) is 18.4 Å². The number of carbonyl (C=O) groups is 1. The van der Waals surface area contributed by atoms with E-state index >= 15 is 0 Å². The molecule has 1 aromatic rings. The molecule has 0 spiro atoms. The third-order valence-electron chi connectivity index (χ3n) is 2.14. The van der Waals surface area contributed by atoms with Crippen molar-refractivity contribution in [2.75, 3.05) is 6.26 Å². The zero-order chi connectivity index (χ0) is 10.3. The molecule has 2 rings (SSSR count). The van der Waals surface area contributed by atoms with E-state index in [1.54, 1.807) is 10.8 Å². The van der Waals surface area contributed by atoms with E-state index in [1.165, 1.54) is 11.8 Å². The van der Waals surface area contributed by atoms with Crippen LogP contribution in [0.4, 0.5) is 0 Å². The summed E-state index contributed by atoms with van der Waals surface area (Å²) in [5.41, 5.74) is 6.41. The molecule has 1 aliphatic heterocycles. The monoisotopic (exact) mass is 207 g/mol. The highest BCUT2D eigenvalue weighted by atomic mass is 32.2. The lowest BCUT2D eigenvalue weighted by molar-refractivity contribution is -0.114. The summed E-state index contributed by atoms with van der Waals surface area (Å²) in [6, 6.07) is 3.72. The summed E-state index contributed by atoms with van der Waals surface area (Å²) in [6.45, 7) is 0. The minimum absolute atomic E-state index is 0.168. The van der Waals surface area contributed by atoms with Crippen LogP contribution in [0.25, 0.3) is 4.91 Å². The van der Waals surface area contributed by atoms with Gasteiger partial charge in [-0.25, -0.2) is 0 Å². The van der Waals surface area contributed by atoms with E-state index in [1.807, 2.05) is 18.4 Å². The van der Waals surface area contributed by atoms with E-state index < -0.39 is 5.91 Å². The van der Waals surface area contributed by atoms with Gasteiger partial charge in [-0.3, -0.25) is 10.2 Å². The molecule has 0 aliphatic carbocycles. The van der Waals surface area contributed by atoms with Crippen molar-refractivity contribution in [3.05, 3.63) is 29.6 Å². The first kappa shape index (κ1) is 9.08. The first-order valence-electron chi connectivity index (χ1n) is 4.02. The van der Waals surface area contributed by atoms with Crippen molar-refractivity contribution in [1.29, 1.82) is 5.41 Å². The number of carbonyl (C=O) groups excluding carboxylic acids is 1. The Hall–Kier alpha value is -1.49. The molecule has 0 unspecified atom stereocenters. The number of hydrogen-bond donors (Lipinski definition) is 2. The fraction of sp³-hybridized carbons (Fsp3) is 0.111. The van der Waals surface area contributed by atoms with Crippen LogP contribution in [0.15, 0.2) is 23.9 Å². The van der Waals surface area contributed by atoms with E-state index in [-0.39, 0.29) is 5.84 Å². The summed E-state index contributed by atoms with van der Waals surface area (Å²) >= 11 is 1.44. The molecule has 0 aromatic carbocycles. The summed E-state index contributed by atoms with van der Waals surface area (Å²) in [4.78, 5) is 11.9. The summed E-state index contributed by atoms with van der Waals surface area (Å²) in [7, 11) is 0. The molecule has 4 nitrogen and oxygen atoms in total. The van der Waals surface area contributed by atoms with Gasteiger partial charge in [-0.15, -0.1) is 11.8 Å². The standard InChI is InChI=1S/C9H9N3OS/c1-14-7-5-3-2-4-12(5)8(10)6(7)9(11)13/h2-4,10H,1H3,(H2,11,13). The van der Waals surface area contributed by atoms with Crippen LogP contribution in [0.5, 0.6) is 0 Å². The molecular formula is C9H9N3OS. The molecule has 0 bridgehead atoms. The molecule has 1 aromatic heterocycles. The molecular weight excluding hydrogens is 198 g/mol. The Balaban J connectivity index is 2.66. The second kappa shape index (κ2) is 3.02. The van der Waals surface area contributed by atoms with Crippen LogP contribution in [0.3, 0.4) is 0 Å². The van der Waals surface area contributed by atoms with Crippen molar-refractivity contribution in [2.45, 2.75) is 0 Å². The predicted octanol–water partition coefficient (Wildman–Crippen LogP) is 0.886. The Morgan fingerprint density at radius 1 is 1.64 bits per heavy atom. The van der Waals surface area contributed by atoms with Gasteiger partial charge in [-0.1, -0.05) is 0 Å². The van der Waals surface area contributed by atoms with Crippen LogP contribution in [0.2, 0.25) is 0 Å². The number of aromatic nitrogens is 1. The lowest BCUT2D eigenvalue weighted by atomic mass is 10.2. The highest BCUT2D eigenvalue weighted by molar-refractivity contribution is 8.07. The maximum Gasteiger partial charge on any atom is 0.253 e. The van der Waals surface area contributed by atoms with E-state index in [0.29, 0.717) is 5.57 Å². The Kier molecular flexibility index (Phi) is 1.96. The molecule has 14 heavy (non-hydrogen) atoms. The lowest BCUT2D eigenvalue weighted by Crippen LogP contribution is -2.21. The van der Waals surface area contributed by atoms with Crippen LogP contribution in [0.1, 0.15) is 5.69 Å². The van der Waals surface area contributed by atoms with Gasteiger partial charge in [0, 0.05) is 11.1 Å². The minimum Gasteiger partial charge on any atom is -0.365 e. The number of nitrogens with zero attached hydrogens (tertiary/aromatic N) is 1. The topological polar surface area (TPSA) is 71.9 Å². The third-order valence-corrected chi connectivity index (χ3v) is 2.96. The van der Waals surface area contributed by atoms with Crippen LogP contribution in [-0.2, 0) is 4.79 Å². The highest BCUT2D eigenvalue weighted by Gasteiger charge is 2.28. The van der Waals surface area contributed by atoms with E-state index in [4.69, 9.17) is 11.1 Å². The van der Waals surface area contributed by atoms with Gasteiger partial charge in [-0.2, -0.15) is 0 Å². The lowest BCUT2D eigenvalue weighted by Gasteiger charge is -1.99. The molecule has 72 valence electrons. The molecule has 0 saturated heterocycles.